The molecule has 0 bridgehead atoms. The second kappa shape index (κ2) is 6.33. The van der Waals surface area contributed by atoms with E-state index in [-0.39, 0.29) is 22.8 Å². The summed E-state index contributed by atoms with van der Waals surface area (Å²) >= 11 is 0. The van der Waals surface area contributed by atoms with E-state index < -0.39 is 10.5 Å². The third-order valence-corrected chi connectivity index (χ3v) is 2.96. The summed E-state index contributed by atoms with van der Waals surface area (Å²) in [6, 6.07) is 4.37. The second-order valence-corrected chi connectivity index (χ2v) is 4.85. The van der Waals surface area contributed by atoms with Gasteiger partial charge >= 0.3 is 0 Å². The largest absolute Gasteiger partial charge is 0.382 e. The van der Waals surface area contributed by atoms with E-state index in [9.17, 15) is 14.9 Å². The summed E-state index contributed by atoms with van der Waals surface area (Å²) in [5, 5.41) is 16.3. The number of nitro benzene ring substituents is 1. The lowest BCUT2D eigenvalue weighted by Gasteiger charge is -2.23. The van der Waals surface area contributed by atoms with E-state index in [0.717, 1.165) is 0 Å². The predicted molar refractivity (Wildman–Crippen MR) is 76.1 cm³/mol. The Morgan fingerprint density at radius 1 is 1.45 bits per heavy atom. The zero-order valence-corrected chi connectivity index (χ0v) is 12.0. The molecular formula is C13H19N3O4. The Kier molecular flexibility index (Phi) is 5.04. The molecule has 0 aliphatic rings. The number of nitrogens with one attached hydrogen (secondary N) is 2. The van der Waals surface area contributed by atoms with Gasteiger partial charge in [0, 0.05) is 26.8 Å². The molecule has 7 nitrogen and oxygen atoms in total. The zero-order chi connectivity index (χ0) is 15.3. The molecule has 1 aromatic carbocycles. The Labute approximate surface area is 117 Å². The maximum absolute atomic E-state index is 12.1. The van der Waals surface area contributed by atoms with Crippen LogP contribution in [0.15, 0.2) is 18.2 Å². The summed E-state index contributed by atoms with van der Waals surface area (Å²) < 4.78 is 5.20. The number of carbonyl (C=O) groups excluding carboxylic acids is 1. The first-order chi connectivity index (χ1) is 9.32. The summed E-state index contributed by atoms with van der Waals surface area (Å²) in [6.07, 6.45) is 0. The van der Waals surface area contributed by atoms with E-state index in [2.05, 4.69) is 10.6 Å². The molecule has 2 N–H and O–H groups in total. The number of hydrogen-bond acceptors (Lipinski definition) is 5. The summed E-state index contributed by atoms with van der Waals surface area (Å²) in [5.41, 5.74) is -0.208. The standard InChI is InChI=1S/C13H19N3O4/c1-13(2,20-4)8-15-12(17)9-6-5-7-10(16(18)19)11(9)14-3/h5-7,14H,8H2,1-4H3,(H,15,17). The van der Waals surface area contributed by atoms with Crippen molar-refractivity contribution < 1.29 is 14.5 Å². The number of amides is 1. The Morgan fingerprint density at radius 2 is 2.10 bits per heavy atom. The summed E-state index contributed by atoms with van der Waals surface area (Å²) in [5.74, 6) is -0.386. The van der Waals surface area contributed by atoms with Crippen LogP contribution in [-0.4, -0.2) is 37.1 Å². The molecule has 0 saturated heterocycles. The highest BCUT2D eigenvalue weighted by Crippen LogP contribution is 2.27. The number of para-hydroxylation sites is 1. The lowest BCUT2D eigenvalue weighted by atomic mass is 10.1. The minimum absolute atomic E-state index is 0.133. The zero-order valence-electron chi connectivity index (χ0n) is 12.0. The molecule has 20 heavy (non-hydrogen) atoms. The average molecular weight is 281 g/mol. The minimum atomic E-state index is -0.526. The van der Waals surface area contributed by atoms with Crippen LogP contribution in [0.5, 0.6) is 0 Å². The molecule has 0 aliphatic heterocycles. The van der Waals surface area contributed by atoms with Crippen molar-refractivity contribution in [1.29, 1.82) is 0 Å². The van der Waals surface area contributed by atoms with Crippen LogP contribution in [0.25, 0.3) is 0 Å². The van der Waals surface area contributed by atoms with Crippen molar-refractivity contribution in [2.24, 2.45) is 0 Å². The predicted octanol–water partition coefficient (Wildman–Crippen LogP) is 1.79. The number of anilines is 1. The molecule has 0 unspecified atom stereocenters. The minimum Gasteiger partial charge on any atom is -0.382 e. The van der Waals surface area contributed by atoms with Crippen LogP contribution in [-0.2, 0) is 4.74 Å². The van der Waals surface area contributed by atoms with Gasteiger partial charge in [-0.1, -0.05) is 6.07 Å². The van der Waals surface area contributed by atoms with Crippen LogP contribution in [0.2, 0.25) is 0 Å². The maximum atomic E-state index is 12.1. The number of carbonyl (C=O) groups is 1. The van der Waals surface area contributed by atoms with Crippen molar-refractivity contribution in [3.63, 3.8) is 0 Å². The number of nitro groups is 1. The Balaban J connectivity index is 2.99. The normalized spacial score (nSPS) is 11.0. The van der Waals surface area contributed by atoms with E-state index in [1.54, 1.807) is 7.11 Å². The smallest absolute Gasteiger partial charge is 0.293 e. The van der Waals surface area contributed by atoms with Gasteiger partial charge < -0.3 is 15.4 Å². The van der Waals surface area contributed by atoms with Gasteiger partial charge in [0.05, 0.1) is 16.1 Å². The lowest BCUT2D eigenvalue weighted by Crippen LogP contribution is -2.39. The van der Waals surface area contributed by atoms with E-state index in [1.807, 2.05) is 13.8 Å². The van der Waals surface area contributed by atoms with Crippen LogP contribution in [0.1, 0.15) is 24.2 Å². The van der Waals surface area contributed by atoms with Crippen molar-refractivity contribution in [3.8, 4) is 0 Å². The van der Waals surface area contributed by atoms with E-state index in [1.165, 1.54) is 25.2 Å². The number of methoxy groups -OCH3 is 1. The van der Waals surface area contributed by atoms with Gasteiger partial charge in [-0.25, -0.2) is 0 Å². The van der Waals surface area contributed by atoms with Gasteiger partial charge in [0.1, 0.15) is 5.69 Å². The monoisotopic (exact) mass is 281 g/mol. The SMILES string of the molecule is CNc1c(C(=O)NCC(C)(C)OC)cccc1[N+](=O)[O-]. The molecule has 0 saturated carbocycles. The van der Waals surface area contributed by atoms with Crippen molar-refractivity contribution >= 4 is 17.3 Å². The van der Waals surface area contributed by atoms with Crippen molar-refractivity contribution in [3.05, 3.63) is 33.9 Å². The van der Waals surface area contributed by atoms with Crippen molar-refractivity contribution in [2.75, 3.05) is 26.0 Å². The highest BCUT2D eigenvalue weighted by atomic mass is 16.6. The fraction of sp³-hybridized carbons (Fsp3) is 0.462. The maximum Gasteiger partial charge on any atom is 0.293 e. The molecule has 0 aliphatic carbocycles. The first kappa shape index (κ1) is 15.9. The van der Waals surface area contributed by atoms with Gasteiger partial charge in [0.2, 0.25) is 0 Å². The van der Waals surface area contributed by atoms with Crippen LogP contribution >= 0.6 is 0 Å². The molecule has 1 amide bonds. The number of ether oxygens (including phenoxy) is 1. The van der Waals surface area contributed by atoms with Gasteiger partial charge in [-0.15, -0.1) is 0 Å². The summed E-state index contributed by atoms with van der Waals surface area (Å²) in [6.45, 7) is 3.97. The Hall–Kier alpha value is -2.15. The molecule has 0 radical (unpaired) electrons. The topological polar surface area (TPSA) is 93.5 Å². The Morgan fingerprint density at radius 3 is 2.60 bits per heavy atom. The highest BCUT2D eigenvalue weighted by Gasteiger charge is 2.23. The third kappa shape index (κ3) is 3.67. The summed E-state index contributed by atoms with van der Waals surface area (Å²) in [7, 11) is 3.09. The molecule has 0 spiro atoms. The molecule has 1 rings (SSSR count). The van der Waals surface area contributed by atoms with E-state index in [4.69, 9.17) is 4.74 Å². The van der Waals surface area contributed by atoms with Crippen LogP contribution < -0.4 is 10.6 Å². The van der Waals surface area contributed by atoms with Gasteiger partial charge in [-0.3, -0.25) is 14.9 Å². The second-order valence-electron chi connectivity index (χ2n) is 4.85. The number of hydrogen-bond donors (Lipinski definition) is 2. The van der Waals surface area contributed by atoms with E-state index in [0.29, 0.717) is 6.54 Å². The lowest BCUT2D eigenvalue weighted by molar-refractivity contribution is -0.384. The third-order valence-electron chi connectivity index (χ3n) is 2.96. The fourth-order valence-corrected chi connectivity index (χ4v) is 1.60. The van der Waals surface area contributed by atoms with Crippen LogP contribution in [0.4, 0.5) is 11.4 Å². The molecule has 0 aromatic heterocycles. The molecule has 1 aromatic rings. The molecular weight excluding hydrogens is 262 g/mol. The fourth-order valence-electron chi connectivity index (χ4n) is 1.60. The first-order valence-corrected chi connectivity index (χ1v) is 6.11. The van der Waals surface area contributed by atoms with Crippen LogP contribution in [0.3, 0.4) is 0 Å². The van der Waals surface area contributed by atoms with Crippen LogP contribution in [0, 0.1) is 10.1 Å². The average Bonchev–Trinajstić information content (AvgIpc) is 2.43. The van der Waals surface area contributed by atoms with Crippen molar-refractivity contribution in [1.82, 2.24) is 5.32 Å². The first-order valence-electron chi connectivity index (χ1n) is 6.11. The quantitative estimate of drug-likeness (QED) is 0.612. The molecule has 0 atom stereocenters. The van der Waals surface area contributed by atoms with Crippen molar-refractivity contribution in [2.45, 2.75) is 19.4 Å². The number of rotatable bonds is 6. The van der Waals surface area contributed by atoms with Gasteiger partial charge in [-0.2, -0.15) is 0 Å². The Bertz CT molecular complexity index is 514. The van der Waals surface area contributed by atoms with Gasteiger partial charge in [0.15, 0.2) is 0 Å². The molecule has 110 valence electrons. The number of nitrogens with zero attached hydrogens (tertiary/aromatic N) is 1. The summed E-state index contributed by atoms with van der Waals surface area (Å²) in [4.78, 5) is 22.5. The van der Waals surface area contributed by atoms with Gasteiger partial charge in [0.25, 0.3) is 11.6 Å². The van der Waals surface area contributed by atoms with E-state index >= 15 is 0 Å². The number of benzene rings is 1. The highest BCUT2D eigenvalue weighted by molar-refractivity contribution is 6.01. The molecule has 7 heteroatoms. The van der Waals surface area contributed by atoms with Gasteiger partial charge in [-0.05, 0) is 19.9 Å². The molecule has 0 fully saturated rings. The molecule has 0 heterocycles.